The van der Waals surface area contributed by atoms with Crippen molar-refractivity contribution in [2.75, 3.05) is 6.61 Å². The van der Waals surface area contributed by atoms with Crippen LogP contribution in [0.1, 0.15) is 91.7 Å². The quantitative estimate of drug-likeness (QED) is 0.605. The SMILES string of the molecule is Cc1c(C(=O)OCC(=O)N(C2CCCCC2)C2CCCCC2)sc2nc3n(c(=O)c12)CCC3. The molecule has 0 aromatic carbocycles. The summed E-state index contributed by atoms with van der Waals surface area (Å²) in [4.78, 5) is 46.8. The van der Waals surface area contributed by atoms with Gasteiger partial charge >= 0.3 is 5.97 Å². The number of carbonyl (C=O) groups excluding carboxylic acids is 2. The van der Waals surface area contributed by atoms with E-state index in [0.29, 0.717) is 27.2 Å². The van der Waals surface area contributed by atoms with Gasteiger partial charge in [0.25, 0.3) is 11.5 Å². The van der Waals surface area contributed by atoms with Crippen molar-refractivity contribution in [3.63, 3.8) is 0 Å². The van der Waals surface area contributed by atoms with Crippen molar-refractivity contribution in [3.8, 4) is 0 Å². The molecule has 0 saturated heterocycles. The fraction of sp³-hybridized carbons (Fsp3) is 0.680. The highest BCUT2D eigenvalue weighted by atomic mass is 32.1. The molecule has 33 heavy (non-hydrogen) atoms. The fourth-order valence-corrected chi connectivity index (χ4v) is 7.05. The van der Waals surface area contributed by atoms with E-state index in [1.807, 2.05) is 0 Å². The lowest BCUT2D eigenvalue weighted by Gasteiger charge is -2.41. The number of aryl methyl sites for hydroxylation is 2. The van der Waals surface area contributed by atoms with Gasteiger partial charge in [-0.1, -0.05) is 38.5 Å². The maximum absolute atomic E-state index is 13.3. The number of hydrogen-bond acceptors (Lipinski definition) is 6. The van der Waals surface area contributed by atoms with E-state index in [2.05, 4.69) is 9.88 Å². The number of ether oxygens (including phenoxy) is 1. The Labute approximate surface area is 198 Å². The number of nitrogens with zero attached hydrogens (tertiary/aromatic N) is 3. The molecule has 7 nitrogen and oxygen atoms in total. The molecule has 2 aromatic rings. The van der Waals surface area contributed by atoms with Gasteiger partial charge in [-0.3, -0.25) is 14.2 Å². The molecule has 3 aliphatic rings. The summed E-state index contributed by atoms with van der Waals surface area (Å²) in [6.45, 7) is 2.22. The van der Waals surface area contributed by atoms with E-state index < -0.39 is 5.97 Å². The van der Waals surface area contributed by atoms with Crippen molar-refractivity contribution in [1.29, 1.82) is 0 Å². The number of amides is 1. The first kappa shape index (κ1) is 22.6. The zero-order valence-electron chi connectivity index (χ0n) is 19.4. The Bertz CT molecular complexity index is 1090. The van der Waals surface area contributed by atoms with Crippen LogP contribution in [0.15, 0.2) is 4.79 Å². The minimum atomic E-state index is -0.527. The highest BCUT2D eigenvalue weighted by Gasteiger charge is 2.33. The van der Waals surface area contributed by atoms with Crippen LogP contribution in [0.2, 0.25) is 0 Å². The molecule has 0 bridgehead atoms. The molecule has 0 N–H and O–H groups in total. The second-order valence-corrected chi connectivity index (χ2v) is 10.8. The summed E-state index contributed by atoms with van der Waals surface area (Å²) in [7, 11) is 0. The van der Waals surface area contributed by atoms with Gasteiger partial charge in [0.15, 0.2) is 6.61 Å². The first-order valence-electron chi connectivity index (χ1n) is 12.6. The van der Waals surface area contributed by atoms with Crippen molar-refractivity contribution in [3.05, 3.63) is 26.6 Å². The Hall–Kier alpha value is -2.22. The van der Waals surface area contributed by atoms with Gasteiger partial charge in [0.1, 0.15) is 15.5 Å². The second kappa shape index (κ2) is 9.57. The Balaban J connectivity index is 1.32. The number of esters is 1. The largest absolute Gasteiger partial charge is 0.451 e. The predicted octanol–water partition coefficient (Wildman–Crippen LogP) is 4.36. The summed E-state index contributed by atoms with van der Waals surface area (Å²) in [5.41, 5.74) is 0.542. The Morgan fingerprint density at radius 3 is 2.30 bits per heavy atom. The maximum Gasteiger partial charge on any atom is 0.349 e. The average molecular weight is 472 g/mol. The monoisotopic (exact) mass is 471 g/mol. The van der Waals surface area contributed by atoms with Gasteiger partial charge in [-0.2, -0.15) is 0 Å². The topological polar surface area (TPSA) is 81.5 Å². The summed E-state index contributed by atoms with van der Waals surface area (Å²) in [6.07, 6.45) is 13.0. The molecule has 2 aromatic heterocycles. The molecule has 5 rings (SSSR count). The van der Waals surface area contributed by atoms with Gasteiger partial charge in [0.05, 0.1) is 5.39 Å². The second-order valence-electron chi connectivity index (χ2n) is 9.79. The fourth-order valence-electron chi connectivity index (χ4n) is 5.96. The van der Waals surface area contributed by atoms with Gasteiger partial charge in [0.2, 0.25) is 0 Å². The molecule has 2 aliphatic carbocycles. The molecule has 0 unspecified atom stereocenters. The average Bonchev–Trinajstić information content (AvgIpc) is 3.44. The van der Waals surface area contributed by atoms with Crippen LogP contribution in [0.5, 0.6) is 0 Å². The Kier molecular flexibility index (Phi) is 6.54. The minimum Gasteiger partial charge on any atom is -0.451 e. The number of carbonyl (C=O) groups is 2. The van der Waals surface area contributed by atoms with Gasteiger partial charge in [-0.25, -0.2) is 9.78 Å². The van der Waals surface area contributed by atoms with Gasteiger partial charge in [-0.05, 0) is 44.6 Å². The minimum absolute atomic E-state index is 0.0712. The summed E-state index contributed by atoms with van der Waals surface area (Å²) < 4.78 is 7.26. The lowest BCUT2D eigenvalue weighted by atomic mass is 9.88. The van der Waals surface area contributed by atoms with Crippen molar-refractivity contribution in [2.24, 2.45) is 0 Å². The summed E-state index contributed by atoms with van der Waals surface area (Å²) in [5.74, 6) is 0.193. The highest BCUT2D eigenvalue weighted by molar-refractivity contribution is 7.20. The third-order valence-electron chi connectivity index (χ3n) is 7.65. The first-order chi connectivity index (χ1) is 16.0. The molecular weight excluding hydrogens is 438 g/mol. The van der Waals surface area contributed by atoms with E-state index in [4.69, 9.17) is 4.74 Å². The van der Waals surface area contributed by atoms with E-state index in [-0.39, 0.29) is 30.2 Å². The van der Waals surface area contributed by atoms with Crippen molar-refractivity contribution in [2.45, 2.75) is 103 Å². The smallest absolute Gasteiger partial charge is 0.349 e. The van der Waals surface area contributed by atoms with Crippen LogP contribution < -0.4 is 5.56 Å². The van der Waals surface area contributed by atoms with Gasteiger partial charge < -0.3 is 9.64 Å². The summed E-state index contributed by atoms with van der Waals surface area (Å²) in [6, 6.07) is 0.538. The van der Waals surface area contributed by atoms with Crippen molar-refractivity contribution in [1.82, 2.24) is 14.5 Å². The number of aromatic nitrogens is 2. The standard InChI is InChI=1S/C25H33N3O4S/c1-16-21-23(26-19-13-8-14-27(19)24(21)30)33-22(16)25(31)32-15-20(29)28(17-9-4-2-5-10-17)18-11-6-3-7-12-18/h17-18H,2-15H2,1H3. The Morgan fingerprint density at radius 2 is 1.67 bits per heavy atom. The van der Waals surface area contributed by atoms with Crippen LogP contribution in [0.25, 0.3) is 10.2 Å². The molecule has 0 atom stereocenters. The first-order valence-corrected chi connectivity index (χ1v) is 13.4. The third kappa shape index (κ3) is 4.34. The van der Waals surface area contributed by atoms with Crippen molar-refractivity contribution < 1.29 is 14.3 Å². The van der Waals surface area contributed by atoms with E-state index in [9.17, 15) is 14.4 Å². The molecular formula is C25H33N3O4S. The normalized spacial score (nSPS) is 19.5. The van der Waals surface area contributed by atoms with E-state index in [1.54, 1.807) is 11.5 Å². The molecule has 3 heterocycles. The molecule has 0 radical (unpaired) electrons. The lowest BCUT2D eigenvalue weighted by molar-refractivity contribution is -0.141. The van der Waals surface area contributed by atoms with Crippen LogP contribution in [0.4, 0.5) is 0 Å². The van der Waals surface area contributed by atoms with Crippen LogP contribution in [0, 0.1) is 6.92 Å². The zero-order valence-corrected chi connectivity index (χ0v) is 20.3. The molecule has 0 spiro atoms. The molecule has 1 amide bonds. The number of rotatable bonds is 5. The van der Waals surface area contributed by atoms with Crippen LogP contribution >= 0.6 is 11.3 Å². The van der Waals surface area contributed by atoms with E-state index in [1.165, 1.54) is 24.2 Å². The molecule has 1 aliphatic heterocycles. The number of hydrogen-bond donors (Lipinski definition) is 0. The van der Waals surface area contributed by atoms with Crippen LogP contribution in [0.3, 0.4) is 0 Å². The number of thiophene rings is 1. The highest BCUT2D eigenvalue weighted by Crippen LogP contribution is 2.31. The van der Waals surface area contributed by atoms with Gasteiger partial charge in [-0.15, -0.1) is 11.3 Å². The lowest BCUT2D eigenvalue weighted by Crippen LogP contribution is -2.50. The van der Waals surface area contributed by atoms with Crippen LogP contribution in [-0.2, 0) is 22.5 Å². The summed E-state index contributed by atoms with van der Waals surface area (Å²) >= 11 is 1.20. The summed E-state index contributed by atoms with van der Waals surface area (Å²) in [5, 5.41) is 0.509. The van der Waals surface area contributed by atoms with E-state index in [0.717, 1.165) is 70.0 Å². The number of fused-ring (bicyclic) bond motifs is 2. The molecule has 8 heteroatoms. The van der Waals surface area contributed by atoms with Crippen LogP contribution in [-0.4, -0.2) is 45.0 Å². The molecule has 178 valence electrons. The van der Waals surface area contributed by atoms with Gasteiger partial charge in [0, 0.05) is 25.0 Å². The third-order valence-corrected chi connectivity index (χ3v) is 8.81. The Morgan fingerprint density at radius 1 is 1.03 bits per heavy atom. The zero-order chi connectivity index (χ0) is 22.9. The molecule has 2 saturated carbocycles. The van der Waals surface area contributed by atoms with Crippen molar-refractivity contribution >= 4 is 33.4 Å². The molecule has 2 fully saturated rings. The predicted molar refractivity (Wildman–Crippen MR) is 128 cm³/mol. The van der Waals surface area contributed by atoms with E-state index >= 15 is 0 Å². The maximum atomic E-state index is 13.3.